The van der Waals surface area contributed by atoms with Crippen molar-refractivity contribution in [3.63, 3.8) is 0 Å². The number of pyridine rings is 2. The van der Waals surface area contributed by atoms with Gasteiger partial charge in [0.25, 0.3) is 0 Å². The van der Waals surface area contributed by atoms with Gasteiger partial charge in [-0.3, -0.25) is 25.0 Å². The molecule has 2 aromatic heterocycles. The molecule has 366 valence electrons. The van der Waals surface area contributed by atoms with Crippen molar-refractivity contribution >= 4 is 76.9 Å². The Hall–Kier alpha value is -6.94. The minimum Gasteiger partial charge on any atom is -0.495 e. The number of benzene rings is 2. The fraction of sp³-hybridized carbons (Fsp3) is 0.350. The molecule has 5 N–H and O–H groups in total. The predicted molar refractivity (Wildman–Crippen MR) is 240 cm³/mol. The van der Waals surface area contributed by atoms with Crippen LogP contribution >= 0.6 is 0 Å². The number of ether oxygens (including phenoxy) is 2. The van der Waals surface area contributed by atoms with Crippen LogP contribution in [0.1, 0.15) is 121 Å². The summed E-state index contributed by atoms with van der Waals surface area (Å²) in [7, 11) is -9.34. The van der Waals surface area contributed by atoms with Crippen LogP contribution in [0.5, 0.6) is 11.5 Å². The molecule has 0 aliphatic carbocycles. The third-order valence-corrected chi connectivity index (χ3v) is 7.96. The third kappa shape index (κ3) is 26.6. The number of nitrogen functional groups attached to an aromatic ring is 2. The molecule has 27 heteroatoms. The number of carbonyl (C=O) groups excluding carboxylic acids is 4. The molecule has 0 aliphatic rings. The van der Waals surface area contributed by atoms with Crippen molar-refractivity contribution in [2.24, 2.45) is 5.84 Å². The largest absolute Gasteiger partial charge is 0.495 e. The van der Waals surface area contributed by atoms with E-state index in [-0.39, 0.29) is 23.1 Å². The first-order chi connectivity index (χ1) is 31.5. The van der Waals surface area contributed by atoms with Gasteiger partial charge in [-0.25, -0.2) is 9.97 Å². The molecule has 0 saturated heterocycles. The smallest absolute Gasteiger partial charge is 0.425 e. The van der Waals surface area contributed by atoms with E-state index < -0.39 is 42.4 Å². The predicted octanol–water partition coefficient (Wildman–Crippen LogP) is 4.30. The summed E-state index contributed by atoms with van der Waals surface area (Å²) in [6.45, 7) is 7.76. The van der Waals surface area contributed by atoms with Gasteiger partial charge in [0, 0.05) is 25.7 Å². The lowest BCUT2D eigenvalue weighted by atomic mass is 10.00. The summed E-state index contributed by atoms with van der Waals surface area (Å²) in [5, 5.41) is 0. The summed E-state index contributed by atoms with van der Waals surface area (Å²) < 4.78 is 112. The van der Waals surface area contributed by atoms with Crippen LogP contribution in [-0.4, -0.2) is 97.8 Å². The number of anilines is 2. The lowest BCUT2D eigenvalue weighted by Crippen LogP contribution is -2.09. The number of nitrogens with one attached hydrogen (secondary N) is 1. The average Bonchev–Trinajstić information content (AvgIpc) is 3.25. The summed E-state index contributed by atoms with van der Waals surface area (Å²) in [6, 6.07) is 17.8. The van der Waals surface area contributed by atoms with Gasteiger partial charge in [0.2, 0.25) is 0 Å². The molecule has 0 spiro atoms. The van der Waals surface area contributed by atoms with E-state index in [9.17, 15) is 19.2 Å². The highest BCUT2D eigenvalue weighted by atomic mass is 32.2. The maximum Gasteiger partial charge on any atom is 0.425 e. The van der Waals surface area contributed by atoms with Crippen molar-refractivity contribution in [2.75, 3.05) is 25.4 Å². The normalized spacial score (nSPS) is 9.42. The topological polar surface area (TPSA) is 381 Å². The summed E-state index contributed by atoms with van der Waals surface area (Å²) in [4.78, 5) is 58.0. The molecular weight excluding hydrogens is 967 g/mol. The number of Topliss-reactive ketones (excluding diaryl/α,β-unsaturated/α-hetero) is 4. The van der Waals surface area contributed by atoms with E-state index in [2.05, 4.69) is 15.4 Å². The molecule has 4 aromatic rings. The molecule has 0 bridgehead atoms. The van der Waals surface area contributed by atoms with Gasteiger partial charge in [0.15, 0.2) is 23.1 Å². The molecule has 2 aromatic carbocycles. The Bertz CT molecular complexity index is 2580. The van der Waals surface area contributed by atoms with Crippen LogP contribution in [0.3, 0.4) is 0 Å². The van der Waals surface area contributed by atoms with Crippen molar-refractivity contribution in [1.29, 1.82) is 0 Å². The first kappa shape index (κ1) is 62.1. The van der Waals surface area contributed by atoms with Gasteiger partial charge in [0.05, 0.1) is 25.6 Å². The Kier molecular flexibility index (Phi) is 31.9. The van der Waals surface area contributed by atoms with E-state index in [1.807, 2.05) is 45.9 Å². The van der Waals surface area contributed by atoms with E-state index in [0.29, 0.717) is 71.3 Å². The minimum absolute atomic E-state index is 0.0580. The van der Waals surface area contributed by atoms with E-state index >= 15 is 0 Å². The summed E-state index contributed by atoms with van der Waals surface area (Å²) in [5.41, 5.74) is 14.1. The average molecular weight is 1020 g/mol. The molecule has 67 heavy (non-hydrogen) atoms. The SMILES string of the molecule is CCCC(=O)c1cc(-c2ccc(N)c(OC)c2)cc(C(=O)CCC)n1.CCCC(=O)c1cc(-c2ccc(NN)c(OC)c2)cc(C(=O)CCC)n1.O=S(=O)=O.O=S(=O)=O.O=S(=O)=O.O=S(=O)=O. The second kappa shape index (κ2) is 34.4. The molecule has 23 nitrogen and oxygen atoms in total. The number of carbonyl (C=O) groups is 4. The Morgan fingerprint density at radius 2 is 0.731 bits per heavy atom. The summed E-state index contributed by atoms with van der Waals surface area (Å²) >= 11 is 0. The minimum atomic E-state index is -3.11. The van der Waals surface area contributed by atoms with E-state index in [1.54, 1.807) is 56.7 Å². The number of hydrazine groups is 1. The number of aromatic nitrogens is 2. The molecule has 2 heterocycles. The number of methoxy groups -OCH3 is 2. The highest BCUT2D eigenvalue weighted by molar-refractivity contribution is 7.59. The van der Waals surface area contributed by atoms with Gasteiger partial charge in [-0.15, -0.1) is 50.5 Å². The maximum atomic E-state index is 12.4. The van der Waals surface area contributed by atoms with Crippen LogP contribution in [0.4, 0.5) is 11.4 Å². The second-order valence-electron chi connectivity index (χ2n) is 12.8. The van der Waals surface area contributed by atoms with Crippen LogP contribution in [0.2, 0.25) is 0 Å². The zero-order valence-electron chi connectivity index (χ0n) is 37.0. The quantitative estimate of drug-likeness (QED) is 0.0574. The van der Waals surface area contributed by atoms with Crippen molar-refractivity contribution in [1.82, 2.24) is 9.97 Å². The number of nitrogens with zero attached hydrogens (tertiary/aromatic N) is 2. The molecule has 0 saturated carbocycles. The Labute approximate surface area is 391 Å². The lowest BCUT2D eigenvalue weighted by molar-refractivity contribution is 0.0957. The van der Waals surface area contributed by atoms with E-state index in [4.69, 9.17) is 71.6 Å². The van der Waals surface area contributed by atoms with Gasteiger partial charge in [-0.05, 0) is 96.5 Å². The molecule has 4 rings (SSSR count). The van der Waals surface area contributed by atoms with Gasteiger partial charge in [-0.2, -0.15) is 0 Å². The maximum absolute atomic E-state index is 12.4. The highest BCUT2D eigenvalue weighted by Gasteiger charge is 2.17. The van der Waals surface area contributed by atoms with Gasteiger partial charge < -0.3 is 20.6 Å². The molecule has 0 radical (unpaired) electrons. The monoisotopic (exact) mass is 1020 g/mol. The third-order valence-electron chi connectivity index (χ3n) is 7.96. The first-order valence-corrected chi connectivity index (χ1v) is 23.3. The molecule has 0 amide bonds. The van der Waals surface area contributed by atoms with Gasteiger partial charge in [-0.1, -0.05) is 39.8 Å². The lowest BCUT2D eigenvalue weighted by Gasteiger charge is -2.12. The zero-order chi connectivity index (χ0) is 51.8. The zero-order valence-corrected chi connectivity index (χ0v) is 40.2. The number of hydrogen-bond acceptors (Lipinski definition) is 23. The van der Waals surface area contributed by atoms with Crippen LogP contribution in [0, 0.1) is 0 Å². The van der Waals surface area contributed by atoms with Crippen LogP contribution in [0.25, 0.3) is 22.3 Å². The molecule has 0 unspecified atom stereocenters. The summed E-state index contributed by atoms with van der Waals surface area (Å²) in [5.74, 6) is 6.36. The number of hydrogen-bond donors (Lipinski definition) is 3. The fourth-order valence-electron chi connectivity index (χ4n) is 5.27. The standard InChI is InChI=1S/C20H25N3O3.C20H24N2O3.4O3S/c1-4-6-18(24)16-10-14(11-17(22-16)19(25)7-5-2)13-8-9-15(23-21)20(12-13)26-3;1-4-6-18(23)16-10-14(11-17(22-16)19(24)7-5-2)13-8-9-15(21)20(12-13)25-3;4*1-4(2)3/h8-12,23H,4-7,21H2,1-3H3;8-12H,4-7,21H2,1-3H3;;;;. The second-order valence-corrected chi connectivity index (χ2v) is 14.4. The van der Waals surface area contributed by atoms with Gasteiger partial charge >= 0.3 is 42.4 Å². The molecular formula is C40H49N5O18S4. The Balaban J connectivity index is 0. The van der Waals surface area contributed by atoms with Crippen molar-refractivity contribution in [2.45, 2.75) is 79.1 Å². The van der Waals surface area contributed by atoms with E-state index in [0.717, 1.165) is 47.9 Å². The molecule has 0 fully saturated rings. The number of rotatable bonds is 17. The van der Waals surface area contributed by atoms with E-state index in [1.165, 1.54) is 0 Å². The Morgan fingerprint density at radius 3 is 0.985 bits per heavy atom. The number of ketones is 4. The molecule has 0 aliphatic heterocycles. The molecule has 0 atom stereocenters. The van der Waals surface area contributed by atoms with Gasteiger partial charge in [0.1, 0.15) is 34.3 Å². The van der Waals surface area contributed by atoms with Crippen molar-refractivity contribution in [3.05, 3.63) is 83.4 Å². The first-order valence-electron chi connectivity index (χ1n) is 19.3. The number of nitrogens with two attached hydrogens (primary N) is 2. The Morgan fingerprint density at radius 1 is 0.463 bits per heavy atom. The van der Waals surface area contributed by atoms with Crippen LogP contribution < -0.4 is 26.5 Å². The van der Waals surface area contributed by atoms with Crippen molar-refractivity contribution < 1.29 is 79.2 Å². The fourth-order valence-corrected chi connectivity index (χ4v) is 5.27. The van der Waals surface area contributed by atoms with Crippen LogP contribution in [0.15, 0.2) is 60.7 Å². The summed E-state index contributed by atoms with van der Waals surface area (Å²) in [6.07, 6.45) is 4.54. The highest BCUT2D eigenvalue weighted by Crippen LogP contribution is 2.32. The van der Waals surface area contributed by atoms with Crippen LogP contribution in [-0.2, 0) is 42.4 Å². The van der Waals surface area contributed by atoms with Crippen molar-refractivity contribution in [3.8, 4) is 33.8 Å².